The van der Waals surface area contributed by atoms with E-state index in [0.717, 1.165) is 12.5 Å². The van der Waals surface area contributed by atoms with Crippen molar-refractivity contribution < 1.29 is 18.3 Å². The van der Waals surface area contributed by atoms with Gasteiger partial charge in [0.1, 0.15) is 0 Å². The summed E-state index contributed by atoms with van der Waals surface area (Å²) in [6.45, 7) is -0.207. The molecule has 0 saturated carbocycles. The Bertz CT molecular complexity index is 333. The van der Waals surface area contributed by atoms with Crippen molar-refractivity contribution in [3.63, 3.8) is 0 Å². The Hall–Kier alpha value is -1.11. The molecule has 1 aliphatic heterocycles. The van der Waals surface area contributed by atoms with Crippen LogP contribution in [0.3, 0.4) is 0 Å². The molecule has 6 nitrogen and oxygen atoms in total. The fraction of sp³-hybridized carbons (Fsp3) is 0.600. The van der Waals surface area contributed by atoms with Gasteiger partial charge in [0.15, 0.2) is 9.84 Å². The first-order valence-electron chi connectivity index (χ1n) is 3.10. The van der Waals surface area contributed by atoms with Crippen molar-refractivity contribution in [2.24, 2.45) is 5.10 Å². The predicted molar refractivity (Wildman–Crippen MR) is 41.7 cm³/mol. The van der Waals surface area contributed by atoms with Gasteiger partial charge in [0.2, 0.25) is 4.75 Å². The molecule has 7 heteroatoms. The van der Waals surface area contributed by atoms with E-state index in [1.807, 2.05) is 0 Å². The molecule has 0 fully saturated rings. The maximum Gasteiger partial charge on any atom is 0.332 e. The van der Waals surface area contributed by atoms with E-state index in [1.54, 1.807) is 0 Å². The van der Waals surface area contributed by atoms with Crippen LogP contribution in [0.4, 0.5) is 0 Å². The molecule has 0 aromatic rings. The molecule has 1 atom stereocenters. The molecule has 0 aliphatic carbocycles. The molecular formula is C5H8N2O4S. The van der Waals surface area contributed by atoms with E-state index in [2.05, 4.69) is 10.5 Å². The van der Waals surface area contributed by atoms with Gasteiger partial charge < -0.3 is 10.5 Å². The average Bonchev–Trinajstić information content (AvgIpc) is 2.31. The lowest BCUT2D eigenvalue weighted by molar-refractivity contribution is -0.137. The van der Waals surface area contributed by atoms with Crippen LogP contribution in [0.15, 0.2) is 5.10 Å². The van der Waals surface area contributed by atoms with E-state index in [4.69, 9.17) is 5.11 Å². The standard InChI is InChI=1S/C5H8N2O4S/c1-12(10,11)5(4(8)9)2-6-7-3-5/h2,7H,3H2,1H3,(H,8,9). The van der Waals surface area contributed by atoms with Crippen molar-refractivity contribution in [1.29, 1.82) is 0 Å². The number of hydrazone groups is 1. The van der Waals surface area contributed by atoms with Crippen LogP contribution in [-0.4, -0.2) is 43.3 Å². The van der Waals surface area contributed by atoms with Gasteiger partial charge in [-0.1, -0.05) is 0 Å². The Morgan fingerprint density at radius 1 is 1.75 bits per heavy atom. The van der Waals surface area contributed by atoms with Gasteiger partial charge in [0.25, 0.3) is 0 Å². The first-order chi connectivity index (χ1) is 5.40. The minimum Gasteiger partial charge on any atom is -0.480 e. The Morgan fingerprint density at radius 3 is 2.50 bits per heavy atom. The minimum atomic E-state index is -3.67. The van der Waals surface area contributed by atoms with E-state index < -0.39 is 20.6 Å². The summed E-state index contributed by atoms with van der Waals surface area (Å²) in [5.41, 5.74) is 2.31. The number of carboxylic acid groups (broad SMARTS) is 1. The van der Waals surface area contributed by atoms with Gasteiger partial charge in [-0.3, -0.25) is 4.79 Å². The van der Waals surface area contributed by atoms with Crippen LogP contribution in [0.1, 0.15) is 0 Å². The molecule has 0 amide bonds. The van der Waals surface area contributed by atoms with Crippen LogP contribution < -0.4 is 5.43 Å². The fourth-order valence-electron chi connectivity index (χ4n) is 0.875. The van der Waals surface area contributed by atoms with Crippen molar-refractivity contribution >= 4 is 22.0 Å². The second-order valence-corrected chi connectivity index (χ2v) is 4.83. The van der Waals surface area contributed by atoms with E-state index in [-0.39, 0.29) is 6.54 Å². The topological polar surface area (TPSA) is 95.8 Å². The third-order valence-corrected chi connectivity index (χ3v) is 3.48. The lowest BCUT2D eigenvalue weighted by Crippen LogP contribution is -2.50. The molecule has 0 radical (unpaired) electrons. The first kappa shape index (κ1) is 8.98. The monoisotopic (exact) mass is 192 g/mol. The fourth-order valence-corrected chi connectivity index (χ4v) is 1.76. The highest BCUT2D eigenvalue weighted by molar-refractivity contribution is 7.93. The van der Waals surface area contributed by atoms with Gasteiger partial charge in [-0.05, 0) is 0 Å². The summed E-state index contributed by atoms with van der Waals surface area (Å²) < 4.78 is 20.3. The van der Waals surface area contributed by atoms with Crippen LogP contribution in [0, 0.1) is 0 Å². The predicted octanol–water partition coefficient (Wildman–Crippen LogP) is -1.56. The molecular weight excluding hydrogens is 184 g/mol. The molecule has 0 spiro atoms. The van der Waals surface area contributed by atoms with Crippen molar-refractivity contribution in [1.82, 2.24) is 5.43 Å². The van der Waals surface area contributed by atoms with Crippen molar-refractivity contribution in [3.05, 3.63) is 0 Å². The van der Waals surface area contributed by atoms with Crippen molar-refractivity contribution in [2.75, 3.05) is 12.8 Å². The maximum absolute atomic E-state index is 11.1. The highest BCUT2D eigenvalue weighted by Gasteiger charge is 2.49. The van der Waals surface area contributed by atoms with Crippen LogP contribution in [0.25, 0.3) is 0 Å². The first-order valence-corrected chi connectivity index (χ1v) is 4.99. The number of sulfone groups is 1. The lowest BCUT2D eigenvalue weighted by atomic mass is 10.2. The number of hydrogen-bond acceptors (Lipinski definition) is 5. The molecule has 1 rings (SSSR count). The highest BCUT2D eigenvalue weighted by atomic mass is 32.2. The van der Waals surface area contributed by atoms with Crippen molar-refractivity contribution in [2.45, 2.75) is 4.75 Å². The minimum absolute atomic E-state index is 0.207. The number of rotatable bonds is 2. The summed E-state index contributed by atoms with van der Waals surface area (Å²) in [5.74, 6) is -1.40. The molecule has 0 aromatic carbocycles. The summed E-state index contributed by atoms with van der Waals surface area (Å²) in [6, 6.07) is 0. The van der Waals surface area contributed by atoms with E-state index in [1.165, 1.54) is 0 Å². The number of hydrogen-bond donors (Lipinski definition) is 2. The van der Waals surface area contributed by atoms with Gasteiger partial charge in [-0.15, -0.1) is 0 Å². The maximum atomic E-state index is 11.1. The Kier molecular flexibility index (Phi) is 1.83. The molecule has 1 heterocycles. The van der Waals surface area contributed by atoms with Crippen LogP contribution >= 0.6 is 0 Å². The third-order valence-electron chi connectivity index (χ3n) is 1.73. The van der Waals surface area contributed by atoms with Crippen molar-refractivity contribution in [3.8, 4) is 0 Å². The number of nitrogens with one attached hydrogen (secondary N) is 1. The normalized spacial score (nSPS) is 28.4. The Morgan fingerprint density at radius 2 is 2.33 bits per heavy atom. The van der Waals surface area contributed by atoms with Gasteiger partial charge in [-0.2, -0.15) is 5.10 Å². The SMILES string of the molecule is CS(=O)(=O)C1(C(=O)O)C=NNC1. The molecule has 2 N–H and O–H groups in total. The number of nitrogens with zero attached hydrogens (tertiary/aromatic N) is 1. The molecule has 0 aromatic heterocycles. The second-order valence-electron chi connectivity index (χ2n) is 2.56. The Labute approximate surface area is 69.2 Å². The van der Waals surface area contributed by atoms with Crippen LogP contribution in [0.2, 0.25) is 0 Å². The zero-order valence-electron chi connectivity index (χ0n) is 6.31. The molecule has 12 heavy (non-hydrogen) atoms. The second kappa shape index (κ2) is 2.44. The molecule has 68 valence electrons. The van der Waals surface area contributed by atoms with E-state index in [9.17, 15) is 13.2 Å². The van der Waals surface area contributed by atoms with Gasteiger partial charge in [-0.25, -0.2) is 8.42 Å². The summed E-state index contributed by atoms with van der Waals surface area (Å²) >= 11 is 0. The number of carbonyl (C=O) groups is 1. The quantitative estimate of drug-likeness (QED) is 0.551. The van der Waals surface area contributed by atoms with E-state index in [0.29, 0.717) is 0 Å². The zero-order chi connectivity index (χ0) is 9.41. The third kappa shape index (κ3) is 1.06. The smallest absolute Gasteiger partial charge is 0.332 e. The zero-order valence-corrected chi connectivity index (χ0v) is 7.13. The molecule has 0 bridgehead atoms. The summed E-state index contributed by atoms with van der Waals surface area (Å²) in [5, 5.41) is 12.1. The van der Waals surface area contributed by atoms with Crippen LogP contribution in [0.5, 0.6) is 0 Å². The summed E-state index contributed by atoms with van der Waals surface area (Å²) in [4.78, 5) is 10.7. The van der Waals surface area contributed by atoms with Gasteiger partial charge in [0, 0.05) is 6.26 Å². The Balaban J connectivity index is 3.22. The van der Waals surface area contributed by atoms with E-state index >= 15 is 0 Å². The molecule has 1 aliphatic rings. The summed E-state index contributed by atoms with van der Waals surface area (Å²) in [6.07, 6.45) is 1.78. The van der Waals surface area contributed by atoms with Crippen LogP contribution in [-0.2, 0) is 14.6 Å². The molecule has 0 saturated heterocycles. The van der Waals surface area contributed by atoms with Gasteiger partial charge in [0.05, 0.1) is 12.8 Å². The number of carboxylic acids is 1. The number of aliphatic carboxylic acids is 1. The molecule has 1 unspecified atom stereocenters. The summed E-state index contributed by atoms with van der Waals surface area (Å²) in [7, 11) is -3.67. The average molecular weight is 192 g/mol. The largest absolute Gasteiger partial charge is 0.480 e. The van der Waals surface area contributed by atoms with Gasteiger partial charge >= 0.3 is 5.97 Å². The lowest BCUT2D eigenvalue weighted by Gasteiger charge is -2.16. The highest BCUT2D eigenvalue weighted by Crippen LogP contribution is 2.16.